The maximum atomic E-state index is 13.1. The fourth-order valence-corrected chi connectivity index (χ4v) is 3.81. The molecule has 0 unspecified atom stereocenters. The summed E-state index contributed by atoms with van der Waals surface area (Å²) in [6.45, 7) is 6.65. The lowest BCUT2D eigenvalue weighted by atomic mass is 10.2. The molecule has 3 aromatic rings. The van der Waals surface area contributed by atoms with Gasteiger partial charge in [0, 0.05) is 18.5 Å². The molecule has 0 aliphatic heterocycles. The number of allylic oxidation sites excluding steroid dienone is 3. The van der Waals surface area contributed by atoms with Crippen LogP contribution < -0.4 is 15.4 Å². The summed E-state index contributed by atoms with van der Waals surface area (Å²) in [6.07, 6.45) is 3.22. The van der Waals surface area contributed by atoms with E-state index >= 15 is 0 Å². The van der Waals surface area contributed by atoms with E-state index in [1.54, 1.807) is 26.0 Å². The van der Waals surface area contributed by atoms with Crippen molar-refractivity contribution in [2.45, 2.75) is 26.1 Å². The Bertz CT molecular complexity index is 1410. The minimum atomic E-state index is -4.71. The first kappa shape index (κ1) is 28.4. The molecule has 10 nitrogen and oxygen atoms in total. The normalized spacial score (nSPS) is 12.7. The fourth-order valence-electron chi connectivity index (χ4n) is 2.79. The number of alkyl halides is 3. The lowest BCUT2D eigenvalue weighted by molar-refractivity contribution is -0.137. The zero-order valence-corrected chi connectivity index (χ0v) is 21.4. The van der Waals surface area contributed by atoms with Gasteiger partial charge in [-0.15, -0.1) is 11.3 Å². The molecule has 2 N–H and O–H groups in total. The monoisotopic (exact) mass is 565 g/mol. The number of nitrogens with one attached hydrogen (secondary N) is 2. The Labute approximate surface area is 223 Å². The second-order valence-corrected chi connectivity index (χ2v) is 8.87. The Kier molecular flexibility index (Phi) is 9.25. The molecule has 0 saturated heterocycles. The zero-order valence-electron chi connectivity index (χ0n) is 19.8. The van der Waals surface area contributed by atoms with Crippen molar-refractivity contribution in [2.24, 2.45) is 4.99 Å². The molecule has 2 amide bonds. The molecule has 198 valence electrons. The first-order valence-electron chi connectivity index (χ1n) is 10.6. The minimum absolute atomic E-state index is 0.0294. The highest BCUT2D eigenvalue weighted by atomic mass is 35.5. The third-order valence-electron chi connectivity index (χ3n) is 4.53. The number of hydrogen-bond donors (Lipinski definition) is 2. The van der Waals surface area contributed by atoms with E-state index in [0.29, 0.717) is 16.8 Å². The van der Waals surface area contributed by atoms with Crippen LogP contribution in [-0.4, -0.2) is 38.5 Å². The highest BCUT2D eigenvalue weighted by Crippen LogP contribution is 2.35. The molecule has 0 bridgehead atoms. The molecular weight excluding hydrogens is 547 g/mol. The highest BCUT2D eigenvalue weighted by molar-refractivity contribution is 7.13. The summed E-state index contributed by atoms with van der Waals surface area (Å²) in [7, 11) is 0. The first-order chi connectivity index (χ1) is 18.0. The topological polar surface area (TPSA) is 131 Å². The van der Waals surface area contributed by atoms with Crippen LogP contribution in [0.3, 0.4) is 0 Å². The van der Waals surface area contributed by atoms with E-state index in [-0.39, 0.29) is 22.3 Å². The predicted molar refractivity (Wildman–Crippen MR) is 135 cm³/mol. The summed E-state index contributed by atoms with van der Waals surface area (Å²) in [5.41, 5.74) is -1.10. The molecule has 3 aromatic heterocycles. The Morgan fingerprint density at radius 3 is 2.66 bits per heavy atom. The van der Waals surface area contributed by atoms with Gasteiger partial charge in [-0.2, -0.15) is 13.2 Å². The number of carbonyl (C=O) groups is 2. The number of aliphatic imine (C=N–C) groups is 1. The van der Waals surface area contributed by atoms with Crippen molar-refractivity contribution in [3.8, 4) is 5.88 Å². The Morgan fingerprint density at radius 2 is 1.95 bits per heavy atom. The number of thiazole rings is 1. The van der Waals surface area contributed by atoms with Gasteiger partial charge in [-0.3, -0.25) is 14.6 Å². The highest BCUT2D eigenvalue weighted by Gasteiger charge is 2.34. The molecule has 15 heteroatoms. The first-order valence-corrected chi connectivity index (χ1v) is 11.8. The lowest BCUT2D eigenvalue weighted by Gasteiger charge is -2.11. The van der Waals surface area contributed by atoms with E-state index in [9.17, 15) is 22.8 Å². The summed E-state index contributed by atoms with van der Waals surface area (Å²) < 4.78 is 44.7. The number of aromatic nitrogens is 4. The van der Waals surface area contributed by atoms with Gasteiger partial charge in [0.25, 0.3) is 11.8 Å². The van der Waals surface area contributed by atoms with Gasteiger partial charge < -0.3 is 15.4 Å². The van der Waals surface area contributed by atoms with Crippen molar-refractivity contribution in [1.82, 2.24) is 25.3 Å². The van der Waals surface area contributed by atoms with Crippen LogP contribution in [0.4, 0.5) is 19.0 Å². The van der Waals surface area contributed by atoms with Crippen molar-refractivity contribution < 1.29 is 27.5 Å². The van der Waals surface area contributed by atoms with Gasteiger partial charge in [0.05, 0.1) is 22.8 Å². The summed E-state index contributed by atoms with van der Waals surface area (Å²) in [5.74, 6) is -0.976. The molecule has 0 aromatic carbocycles. The maximum Gasteiger partial charge on any atom is 0.418 e. The van der Waals surface area contributed by atoms with Gasteiger partial charge in [0.1, 0.15) is 33.5 Å². The number of nitrogens with zero attached hydrogens (tertiary/aromatic N) is 5. The molecule has 0 spiro atoms. The molecule has 1 atom stereocenters. The van der Waals surface area contributed by atoms with Crippen molar-refractivity contribution >= 4 is 47.3 Å². The Hall–Kier alpha value is -4.17. The smallest absolute Gasteiger partial charge is 0.418 e. The van der Waals surface area contributed by atoms with E-state index in [1.165, 1.54) is 24.8 Å². The molecule has 0 aliphatic rings. The minimum Gasteiger partial charge on any atom is -0.444 e. The van der Waals surface area contributed by atoms with Crippen molar-refractivity contribution in [3.63, 3.8) is 0 Å². The van der Waals surface area contributed by atoms with Crippen LogP contribution in [-0.2, 0) is 6.18 Å². The number of carbonyl (C=O) groups excluding carboxylic acids is 2. The summed E-state index contributed by atoms with van der Waals surface area (Å²) in [4.78, 5) is 44.6. The maximum absolute atomic E-state index is 13.1. The second-order valence-electron chi connectivity index (χ2n) is 7.40. The van der Waals surface area contributed by atoms with Crippen LogP contribution in [0.25, 0.3) is 0 Å². The lowest BCUT2D eigenvalue weighted by Crippen LogP contribution is -2.27. The molecule has 3 rings (SSSR count). The zero-order chi connectivity index (χ0) is 27.9. The van der Waals surface area contributed by atoms with E-state index in [2.05, 4.69) is 42.3 Å². The van der Waals surface area contributed by atoms with Crippen LogP contribution in [0.2, 0.25) is 5.02 Å². The molecule has 0 radical (unpaired) electrons. The van der Waals surface area contributed by atoms with Gasteiger partial charge >= 0.3 is 6.18 Å². The van der Waals surface area contributed by atoms with Gasteiger partial charge in [0.15, 0.2) is 0 Å². The summed E-state index contributed by atoms with van der Waals surface area (Å²) in [6, 6.07) is 1.36. The molecule has 0 aliphatic carbocycles. The van der Waals surface area contributed by atoms with Gasteiger partial charge in [-0.05, 0) is 38.8 Å². The van der Waals surface area contributed by atoms with Crippen LogP contribution in [0, 0.1) is 0 Å². The van der Waals surface area contributed by atoms with Crippen LogP contribution in [0.5, 0.6) is 5.88 Å². The molecular formula is C23H19ClF3N7O3S. The number of rotatable bonds is 9. The van der Waals surface area contributed by atoms with Gasteiger partial charge in [-0.25, -0.2) is 19.9 Å². The van der Waals surface area contributed by atoms with Crippen LogP contribution >= 0.6 is 22.9 Å². The number of halogens is 4. The van der Waals surface area contributed by atoms with Crippen molar-refractivity contribution in [3.05, 3.63) is 81.1 Å². The number of pyridine rings is 1. The van der Waals surface area contributed by atoms with E-state index in [1.807, 2.05) is 0 Å². The quantitative estimate of drug-likeness (QED) is 0.206. The number of amides is 2. The molecule has 38 heavy (non-hydrogen) atoms. The van der Waals surface area contributed by atoms with E-state index in [0.717, 1.165) is 17.5 Å². The molecule has 0 saturated carbocycles. The Morgan fingerprint density at radius 1 is 1.18 bits per heavy atom. The van der Waals surface area contributed by atoms with E-state index in [4.69, 9.17) is 16.3 Å². The molecule has 0 fully saturated rings. The van der Waals surface area contributed by atoms with E-state index < -0.39 is 34.6 Å². The second kappa shape index (κ2) is 12.4. The van der Waals surface area contributed by atoms with Gasteiger partial charge in [-0.1, -0.05) is 11.6 Å². The predicted octanol–water partition coefficient (Wildman–Crippen LogP) is 5.24. The Balaban J connectivity index is 1.65. The van der Waals surface area contributed by atoms with Crippen LogP contribution in [0.15, 0.2) is 60.0 Å². The van der Waals surface area contributed by atoms with Crippen molar-refractivity contribution in [2.75, 3.05) is 5.32 Å². The number of ether oxygens (including phenoxy) is 1. The SMILES string of the molecule is C=N/C=C\C=C(/C)Oc1cc(C(=O)N[C@H](C)c2ncc(C(=O)Nc3cc(C(F)(F)F)c(Cl)cn3)s2)ncn1. The largest absolute Gasteiger partial charge is 0.444 e. The summed E-state index contributed by atoms with van der Waals surface area (Å²) in [5, 5.41) is 4.76. The fraction of sp³-hybridized carbons (Fsp3) is 0.174. The third kappa shape index (κ3) is 7.66. The number of anilines is 1. The van der Waals surface area contributed by atoms with Crippen LogP contribution in [0.1, 0.15) is 50.6 Å². The average Bonchev–Trinajstić information content (AvgIpc) is 3.36. The summed E-state index contributed by atoms with van der Waals surface area (Å²) >= 11 is 6.49. The van der Waals surface area contributed by atoms with Crippen molar-refractivity contribution in [1.29, 1.82) is 0 Å². The third-order valence-corrected chi connectivity index (χ3v) is 6.01. The average molecular weight is 566 g/mol. The number of hydrogen-bond acceptors (Lipinski definition) is 9. The molecule has 3 heterocycles. The standard InChI is InChI=1S/C23H19ClF3N7O3S/c1-12(5-4-6-28-3)37-19-8-16(31-11-32-19)20(35)33-13(2)22-30-10-17(38-22)21(36)34-18-7-14(23(25,26)27)15(24)9-29-18/h4-11,13H,3H2,1-2H3,(H,33,35)(H,29,34,36)/b6-4-,12-5+/t13-/m1/s1. The van der Waals surface area contributed by atoms with Gasteiger partial charge in [0.2, 0.25) is 5.88 Å².